The maximum atomic E-state index is 12.6. The highest BCUT2D eigenvalue weighted by Crippen LogP contribution is 2.51. The second kappa shape index (κ2) is 6.83. The maximum Gasteiger partial charge on any atom is 0.410 e. The van der Waals surface area contributed by atoms with Crippen LogP contribution in [0.3, 0.4) is 0 Å². The van der Waals surface area contributed by atoms with Crippen molar-refractivity contribution in [3.05, 3.63) is 23.8 Å². The van der Waals surface area contributed by atoms with Crippen LogP contribution in [0, 0.1) is 5.41 Å². The van der Waals surface area contributed by atoms with Gasteiger partial charge >= 0.3 is 12.1 Å². The van der Waals surface area contributed by atoms with Crippen LogP contribution in [-0.4, -0.2) is 58.8 Å². The van der Waals surface area contributed by atoms with Gasteiger partial charge in [0.25, 0.3) is 0 Å². The van der Waals surface area contributed by atoms with Crippen LogP contribution in [0.5, 0.6) is 0 Å². The van der Waals surface area contributed by atoms with Crippen LogP contribution in [0.4, 0.5) is 4.79 Å². The number of esters is 1. The third-order valence-corrected chi connectivity index (χ3v) is 4.71. The Labute approximate surface area is 153 Å². The van der Waals surface area contributed by atoms with Crippen LogP contribution < -0.4 is 5.32 Å². The van der Waals surface area contributed by atoms with E-state index >= 15 is 0 Å². The van der Waals surface area contributed by atoms with Gasteiger partial charge in [-0.3, -0.25) is 4.90 Å². The van der Waals surface area contributed by atoms with Gasteiger partial charge in [-0.25, -0.2) is 19.6 Å². The number of aromatic nitrogens is 2. The highest BCUT2D eigenvalue weighted by molar-refractivity contribution is 5.88. The lowest BCUT2D eigenvalue weighted by atomic mass is 9.70. The largest absolute Gasteiger partial charge is 0.462 e. The van der Waals surface area contributed by atoms with Gasteiger partial charge in [0, 0.05) is 30.9 Å². The fraction of sp³-hybridized carbons (Fsp3) is 0.667. The minimum Gasteiger partial charge on any atom is -0.462 e. The second-order valence-electron chi connectivity index (χ2n) is 7.85. The van der Waals surface area contributed by atoms with Crippen molar-refractivity contribution in [2.45, 2.75) is 45.8 Å². The molecule has 1 aromatic heterocycles. The zero-order valence-electron chi connectivity index (χ0n) is 15.7. The molecule has 2 aliphatic rings. The lowest BCUT2D eigenvalue weighted by Crippen LogP contribution is -2.62. The second-order valence-corrected chi connectivity index (χ2v) is 7.85. The molecule has 0 saturated carbocycles. The molecule has 0 radical (unpaired) electrons. The minimum atomic E-state index is -0.563. The zero-order valence-corrected chi connectivity index (χ0v) is 15.7. The van der Waals surface area contributed by atoms with Crippen LogP contribution in [0.1, 0.15) is 56.3 Å². The number of nitrogens with zero attached hydrogens (tertiary/aromatic N) is 3. The highest BCUT2D eigenvalue weighted by atomic mass is 16.6. The summed E-state index contributed by atoms with van der Waals surface area (Å²) in [4.78, 5) is 34.8. The van der Waals surface area contributed by atoms with Crippen molar-refractivity contribution in [3.63, 3.8) is 0 Å². The van der Waals surface area contributed by atoms with E-state index in [4.69, 9.17) is 9.47 Å². The van der Waals surface area contributed by atoms with Crippen LogP contribution >= 0.6 is 0 Å². The van der Waals surface area contributed by atoms with Crippen molar-refractivity contribution in [2.75, 3.05) is 26.2 Å². The summed E-state index contributed by atoms with van der Waals surface area (Å²) in [6, 6.07) is -0.261. The molecular formula is C18H26N4O4. The zero-order chi connectivity index (χ0) is 18.9. The number of ether oxygens (including phenoxy) is 2. The number of carbonyl (C=O) groups excluding carboxylic acids is 2. The van der Waals surface area contributed by atoms with E-state index in [1.807, 2.05) is 20.8 Å². The molecule has 1 aromatic rings. The van der Waals surface area contributed by atoms with E-state index < -0.39 is 11.6 Å². The molecule has 8 heteroatoms. The molecule has 2 fully saturated rings. The molecule has 8 nitrogen and oxygen atoms in total. The fourth-order valence-electron chi connectivity index (χ4n) is 3.57. The van der Waals surface area contributed by atoms with Crippen LogP contribution in [0.25, 0.3) is 0 Å². The summed E-state index contributed by atoms with van der Waals surface area (Å²) in [7, 11) is 0. The third-order valence-electron chi connectivity index (χ3n) is 4.71. The molecular weight excluding hydrogens is 336 g/mol. The lowest BCUT2D eigenvalue weighted by molar-refractivity contribution is -0.0771. The van der Waals surface area contributed by atoms with E-state index in [-0.39, 0.29) is 17.6 Å². The molecule has 1 amide bonds. The Hall–Kier alpha value is -2.22. The van der Waals surface area contributed by atoms with Crippen molar-refractivity contribution in [1.82, 2.24) is 20.2 Å². The Bertz CT molecular complexity index is 677. The third kappa shape index (κ3) is 3.51. The van der Waals surface area contributed by atoms with Gasteiger partial charge < -0.3 is 14.8 Å². The van der Waals surface area contributed by atoms with Gasteiger partial charge in [0.2, 0.25) is 0 Å². The predicted octanol–water partition coefficient (Wildman–Crippen LogP) is 1.92. The van der Waals surface area contributed by atoms with Crippen LogP contribution in [0.2, 0.25) is 0 Å². The number of hydrogen-bond donors (Lipinski definition) is 1. The van der Waals surface area contributed by atoms with Crippen molar-refractivity contribution >= 4 is 12.1 Å². The number of amides is 1. The molecule has 3 heterocycles. The summed E-state index contributed by atoms with van der Waals surface area (Å²) in [6.07, 6.45) is 3.50. The summed E-state index contributed by atoms with van der Waals surface area (Å²) in [5.74, 6) is 0.0766. The van der Waals surface area contributed by atoms with E-state index in [0.717, 1.165) is 19.5 Å². The van der Waals surface area contributed by atoms with E-state index in [1.54, 1.807) is 11.8 Å². The Kier molecular flexibility index (Phi) is 4.88. The highest BCUT2D eigenvalue weighted by Gasteiger charge is 2.58. The summed E-state index contributed by atoms with van der Waals surface area (Å²) in [5.41, 5.74) is -0.340. The van der Waals surface area contributed by atoms with Crippen molar-refractivity contribution < 1.29 is 19.1 Å². The smallest absolute Gasteiger partial charge is 0.410 e. The lowest BCUT2D eigenvalue weighted by Gasteiger charge is -2.54. The van der Waals surface area contributed by atoms with Crippen LogP contribution in [0.15, 0.2) is 12.4 Å². The molecule has 0 aliphatic carbocycles. The van der Waals surface area contributed by atoms with Gasteiger partial charge in [0.05, 0.1) is 12.2 Å². The average Bonchev–Trinajstić information content (AvgIpc) is 3.03. The molecule has 1 N–H and O–H groups in total. The minimum absolute atomic E-state index is 0.0810. The van der Waals surface area contributed by atoms with Crippen LogP contribution in [-0.2, 0) is 9.47 Å². The Morgan fingerprint density at radius 2 is 2.04 bits per heavy atom. The van der Waals surface area contributed by atoms with E-state index in [0.29, 0.717) is 24.5 Å². The SMILES string of the molecule is CCOC(=O)c1cnc(C2N(C(=O)OC(C)(C)C)CC23CCNC3)nc1. The monoisotopic (exact) mass is 362 g/mol. The number of likely N-dealkylation sites (tertiary alicyclic amines) is 1. The summed E-state index contributed by atoms with van der Waals surface area (Å²) >= 11 is 0. The first-order valence-corrected chi connectivity index (χ1v) is 8.95. The van der Waals surface area contributed by atoms with E-state index in [2.05, 4.69) is 15.3 Å². The van der Waals surface area contributed by atoms with Crippen molar-refractivity contribution in [2.24, 2.45) is 5.41 Å². The Morgan fingerprint density at radius 3 is 2.58 bits per heavy atom. The molecule has 1 spiro atoms. The van der Waals surface area contributed by atoms with Gasteiger partial charge in [-0.05, 0) is 40.7 Å². The van der Waals surface area contributed by atoms with Gasteiger partial charge in [-0.1, -0.05) is 0 Å². The first kappa shape index (κ1) is 18.6. The van der Waals surface area contributed by atoms with E-state index in [9.17, 15) is 9.59 Å². The van der Waals surface area contributed by atoms with Gasteiger partial charge in [-0.2, -0.15) is 0 Å². The molecule has 2 atom stereocenters. The Morgan fingerprint density at radius 1 is 1.35 bits per heavy atom. The van der Waals surface area contributed by atoms with Gasteiger partial charge in [0.15, 0.2) is 5.82 Å². The Balaban J connectivity index is 1.82. The molecule has 26 heavy (non-hydrogen) atoms. The summed E-state index contributed by atoms with van der Waals surface area (Å²) in [6.45, 7) is 9.90. The molecule has 2 unspecified atom stereocenters. The number of carbonyl (C=O) groups is 2. The molecule has 2 aliphatic heterocycles. The van der Waals surface area contributed by atoms with Gasteiger partial charge in [0.1, 0.15) is 11.6 Å². The summed E-state index contributed by atoms with van der Waals surface area (Å²) < 4.78 is 10.5. The number of hydrogen-bond acceptors (Lipinski definition) is 7. The quantitative estimate of drug-likeness (QED) is 0.821. The molecule has 3 rings (SSSR count). The average molecular weight is 362 g/mol. The molecule has 0 aromatic carbocycles. The number of nitrogens with one attached hydrogen (secondary N) is 1. The van der Waals surface area contributed by atoms with Crippen molar-refractivity contribution in [3.8, 4) is 0 Å². The fourth-order valence-corrected chi connectivity index (χ4v) is 3.57. The first-order valence-electron chi connectivity index (χ1n) is 8.95. The van der Waals surface area contributed by atoms with Crippen molar-refractivity contribution in [1.29, 1.82) is 0 Å². The molecule has 0 bridgehead atoms. The molecule has 2 saturated heterocycles. The standard InChI is InChI=1S/C18H26N4O4/c1-5-25-15(23)12-8-20-14(21-9-12)13-18(6-7-19-10-18)11-22(13)16(24)26-17(2,3)4/h8-9,13,19H,5-7,10-11H2,1-4H3. The summed E-state index contributed by atoms with van der Waals surface area (Å²) in [5, 5.41) is 3.36. The van der Waals surface area contributed by atoms with E-state index in [1.165, 1.54) is 12.4 Å². The van der Waals surface area contributed by atoms with Gasteiger partial charge in [-0.15, -0.1) is 0 Å². The number of rotatable bonds is 3. The maximum absolute atomic E-state index is 12.6. The molecule has 142 valence electrons. The normalized spacial score (nSPS) is 25.1. The predicted molar refractivity (Wildman–Crippen MR) is 93.6 cm³/mol. The first-order chi connectivity index (χ1) is 12.3. The topological polar surface area (TPSA) is 93.7 Å².